The van der Waals surface area contributed by atoms with Gasteiger partial charge in [-0.2, -0.15) is 5.10 Å². The van der Waals surface area contributed by atoms with Crippen LogP contribution in [0.3, 0.4) is 0 Å². The molecular weight excluding hydrogens is 342 g/mol. The summed E-state index contributed by atoms with van der Waals surface area (Å²) < 4.78 is 7.23. The first-order chi connectivity index (χ1) is 13.3. The topological polar surface area (TPSA) is 81.9 Å². The largest absolute Gasteiger partial charge is 0.424 e. The highest BCUT2D eigenvalue weighted by atomic mass is 16.5. The number of hydrogen-bond acceptors (Lipinski definition) is 5. The summed E-state index contributed by atoms with van der Waals surface area (Å²) in [5.41, 5.74) is 1.79. The van der Waals surface area contributed by atoms with Crippen molar-refractivity contribution in [1.29, 1.82) is 0 Å². The Balaban J connectivity index is 1.44. The Hall–Kier alpha value is -4.00. The Morgan fingerprint density at radius 1 is 0.963 bits per heavy atom. The van der Waals surface area contributed by atoms with Gasteiger partial charge in [0.2, 0.25) is 0 Å². The minimum Gasteiger partial charge on any atom is -0.424 e. The number of carbonyl (C=O) groups excluding carboxylic acids is 1. The van der Waals surface area contributed by atoms with E-state index in [0.29, 0.717) is 17.0 Å². The molecule has 0 aliphatic carbocycles. The Morgan fingerprint density at radius 3 is 2.52 bits per heavy atom. The van der Waals surface area contributed by atoms with E-state index in [1.54, 1.807) is 29.1 Å². The number of ether oxygens (including phenoxy) is 1. The number of anilines is 1. The van der Waals surface area contributed by atoms with E-state index >= 15 is 0 Å². The molecule has 0 fully saturated rings. The number of rotatable bonds is 5. The monoisotopic (exact) mass is 357 g/mol. The average molecular weight is 357 g/mol. The Morgan fingerprint density at radius 2 is 1.78 bits per heavy atom. The number of amides is 1. The second-order valence-corrected chi connectivity index (χ2v) is 5.62. The van der Waals surface area contributed by atoms with Crippen LogP contribution in [0.15, 0.2) is 85.5 Å². The third kappa shape index (κ3) is 3.98. The van der Waals surface area contributed by atoms with Gasteiger partial charge in [-0.25, -0.2) is 14.6 Å². The normalized spacial score (nSPS) is 10.4. The van der Waals surface area contributed by atoms with Crippen LogP contribution in [0.4, 0.5) is 5.69 Å². The van der Waals surface area contributed by atoms with E-state index in [1.165, 1.54) is 12.4 Å². The van der Waals surface area contributed by atoms with Crippen LogP contribution in [0.5, 0.6) is 11.8 Å². The molecule has 0 bridgehead atoms. The van der Waals surface area contributed by atoms with Gasteiger partial charge in [-0.15, -0.1) is 0 Å². The van der Waals surface area contributed by atoms with Crippen molar-refractivity contribution >= 4 is 11.6 Å². The number of hydrogen-bond donors (Lipinski definition) is 1. The minimum absolute atomic E-state index is 0.208. The zero-order chi connectivity index (χ0) is 18.5. The molecule has 2 heterocycles. The lowest BCUT2D eigenvalue weighted by molar-refractivity contribution is 0.102. The van der Waals surface area contributed by atoms with Gasteiger partial charge in [0.1, 0.15) is 5.75 Å². The van der Waals surface area contributed by atoms with E-state index in [4.69, 9.17) is 4.74 Å². The van der Waals surface area contributed by atoms with Crippen molar-refractivity contribution in [3.05, 3.63) is 91.0 Å². The van der Waals surface area contributed by atoms with Crippen LogP contribution in [-0.2, 0) is 0 Å². The van der Waals surface area contributed by atoms with Crippen LogP contribution < -0.4 is 10.1 Å². The molecule has 4 aromatic rings. The Kier molecular flexibility index (Phi) is 4.57. The first kappa shape index (κ1) is 16.5. The quantitative estimate of drug-likeness (QED) is 0.589. The molecule has 4 rings (SSSR count). The van der Waals surface area contributed by atoms with Crippen molar-refractivity contribution in [3.63, 3.8) is 0 Å². The molecule has 132 valence electrons. The summed E-state index contributed by atoms with van der Waals surface area (Å²) in [6.07, 6.45) is 6.50. The van der Waals surface area contributed by atoms with Gasteiger partial charge in [-0.1, -0.05) is 24.3 Å². The van der Waals surface area contributed by atoms with E-state index in [2.05, 4.69) is 20.4 Å². The first-order valence-electron chi connectivity index (χ1n) is 8.24. The fraction of sp³-hybridized carbons (Fsp3) is 0. The molecule has 0 radical (unpaired) electrons. The van der Waals surface area contributed by atoms with Crippen molar-refractivity contribution in [3.8, 4) is 17.4 Å². The molecule has 0 saturated carbocycles. The van der Waals surface area contributed by atoms with Crippen molar-refractivity contribution < 1.29 is 9.53 Å². The lowest BCUT2D eigenvalue weighted by atomic mass is 10.2. The first-order valence-corrected chi connectivity index (χ1v) is 8.24. The van der Waals surface area contributed by atoms with Crippen molar-refractivity contribution in [2.24, 2.45) is 0 Å². The molecule has 0 aliphatic rings. The van der Waals surface area contributed by atoms with Gasteiger partial charge in [0, 0.05) is 18.0 Å². The lowest BCUT2D eigenvalue weighted by Gasteiger charge is -2.08. The summed E-state index contributed by atoms with van der Waals surface area (Å²) in [7, 11) is 0. The van der Waals surface area contributed by atoms with Crippen LogP contribution in [0.1, 0.15) is 10.4 Å². The fourth-order valence-electron chi connectivity index (χ4n) is 2.44. The maximum Gasteiger partial charge on any atom is 0.322 e. The molecular formula is C20H15N5O2. The number of nitrogens with zero attached hydrogens (tertiary/aromatic N) is 4. The predicted molar refractivity (Wildman–Crippen MR) is 100 cm³/mol. The Bertz CT molecular complexity index is 1030. The summed E-state index contributed by atoms with van der Waals surface area (Å²) >= 11 is 0. The molecule has 7 nitrogen and oxygen atoms in total. The van der Waals surface area contributed by atoms with Crippen molar-refractivity contribution in [2.75, 3.05) is 5.32 Å². The summed E-state index contributed by atoms with van der Waals surface area (Å²) in [6, 6.07) is 18.4. The summed E-state index contributed by atoms with van der Waals surface area (Å²) in [6.45, 7) is 0. The number of benzene rings is 2. The average Bonchev–Trinajstić information content (AvgIpc) is 3.25. The second kappa shape index (κ2) is 7.49. The highest BCUT2D eigenvalue weighted by molar-refractivity contribution is 6.04. The van der Waals surface area contributed by atoms with Crippen LogP contribution in [0.25, 0.3) is 5.69 Å². The maximum atomic E-state index is 12.5. The van der Waals surface area contributed by atoms with Gasteiger partial charge >= 0.3 is 6.01 Å². The standard InChI is InChI=1S/C20H15N5O2/c26-19(15-6-4-7-17(12-15)25-11-5-10-23-25)24-16-13-21-20(22-14-16)27-18-8-2-1-3-9-18/h1-14H,(H,24,26). The number of carbonyl (C=O) groups is 1. The molecule has 0 saturated heterocycles. The number of para-hydroxylation sites is 1. The van der Waals surface area contributed by atoms with Crippen LogP contribution >= 0.6 is 0 Å². The van der Waals surface area contributed by atoms with Gasteiger partial charge < -0.3 is 10.1 Å². The van der Waals surface area contributed by atoms with Gasteiger partial charge in [0.15, 0.2) is 0 Å². The van der Waals surface area contributed by atoms with E-state index in [1.807, 2.05) is 48.7 Å². The molecule has 1 amide bonds. The summed E-state index contributed by atoms with van der Waals surface area (Å²) in [5, 5.41) is 6.94. The molecule has 0 unspecified atom stereocenters. The molecule has 0 spiro atoms. The van der Waals surface area contributed by atoms with Gasteiger partial charge in [0.25, 0.3) is 5.91 Å². The van der Waals surface area contributed by atoms with E-state index in [0.717, 1.165) is 5.69 Å². The molecule has 1 N–H and O–H groups in total. The van der Waals surface area contributed by atoms with E-state index in [-0.39, 0.29) is 11.9 Å². The van der Waals surface area contributed by atoms with Crippen LogP contribution in [0, 0.1) is 0 Å². The fourth-order valence-corrected chi connectivity index (χ4v) is 2.44. The van der Waals surface area contributed by atoms with Gasteiger partial charge in [-0.3, -0.25) is 4.79 Å². The summed E-state index contributed by atoms with van der Waals surface area (Å²) in [4.78, 5) is 20.7. The van der Waals surface area contributed by atoms with Crippen LogP contribution in [-0.4, -0.2) is 25.7 Å². The highest BCUT2D eigenvalue weighted by Gasteiger charge is 2.09. The van der Waals surface area contributed by atoms with Crippen LogP contribution in [0.2, 0.25) is 0 Å². The van der Waals surface area contributed by atoms with Gasteiger partial charge in [-0.05, 0) is 36.4 Å². The molecule has 0 atom stereocenters. The number of nitrogens with one attached hydrogen (secondary N) is 1. The van der Waals surface area contributed by atoms with E-state index < -0.39 is 0 Å². The maximum absolute atomic E-state index is 12.5. The second-order valence-electron chi connectivity index (χ2n) is 5.62. The predicted octanol–water partition coefficient (Wildman–Crippen LogP) is 3.71. The molecule has 2 aromatic heterocycles. The molecule has 27 heavy (non-hydrogen) atoms. The van der Waals surface area contributed by atoms with Gasteiger partial charge in [0.05, 0.1) is 23.8 Å². The molecule has 0 aliphatic heterocycles. The third-order valence-electron chi connectivity index (χ3n) is 3.72. The SMILES string of the molecule is O=C(Nc1cnc(Oc2ccccc2)nc1)c1cccc(-n2cccn2)c1. The van der Waals surface area contributed by atoms with Crippen molar-refractivity contribution in [2.45, 2.75) is 0 Å². The Labute approximate surface area is 155 Å². The minimum atomic E-state index is -0.260. The highest BCUT2D eigenvalue weighted by Crippen LogP contribution is 2.18. The van der Waals surface area contributed by atoms with Crippen molar-refractivity contribution in [1.82, 2.24) is 19.7 Å². The molecule has 7 heteroatoms. The third-order valence-corrected chi connectivity index (χ3v) is 3.72. The zero-order valence-corrected chi connectivity index (χ0v) is 14.2. The van der Waals surface area contributed by atoms with E-state index in [9.17, 15) is 4.79 Å². The smallest absolute Gasteiger partial charge is 0.322 e. The molecule has 2 aromatic carbocycles. The number of aromatic nitrogens is 4. The summed E-state index contributed by atoms with van der Waals surface area (Å²) in [5.74, 6) is 0.383. The zero-order valence-electron chi connectivity index (χ0n) is 14.2. The lowest BCUT2D eigenvalue weighted by Crippen LogP contribution is -2.13.